The van der Waals surface area contributed by atoms with Gasteiger partial charge in [0.05, 0.1) is 12.5 Å². The van der Waals surface area contributed by atoms with E-state index in [1.54, 1.807) is 12.4 Å². The number of benzene rings is 1. The van der Waals surface area contributed by atoms with Gasteiger partial charge in [-0.15, -0.1) is 0 Å². The van der Waals surface area contributed by atoms with E-state index in [9.17, 15) is 4.79 Å². The standard InChI is InChI=1S/C25H26BrClN4O/c26-20-14-19-2-1-18-15-21(27)3-4-22(18)25(24(19)29-16-20)31-11-9-30(10-12-31)23(32)13-17-5-7-28-8-6-17/h3-8,15-16,19,25H,1-2,9-14H2. The molecular formula is C25H26BrClN4O. The van der Waals surface area contributed by atoms with Crippen LogP contribution >= 0.6 is 27.5 Å². The highest BCUT2D eigenvalue weighted by Gasteiger charge is 2.37. The van der Waals surface area contributed by atoms with E-state index >= 15 is 0 Å². The molecule has 1 aliphatic carbocycles. The largest absolute Gasteiger partial charge is 0.340 e. The van der Waals surface area contributed by atoms with Gasteiger partial charge >= 0.3 is 0 Å². The van der Waals surface area contributed by atoms with Gasteiger partial charge in [-0.05, 0) is 60.2 Å². The van der Waals surface area contributed by atoms with Crippen LogP contribution in [-0.2, 0) is 17.6 Å². The Bertz CT molecular complexity index is 1060. The minimum absolute atomic E-state index is 0.143. The summed E-state index contributed by atoms with van der Waals surface area (Å²) in [4.78, 5) is 26.3. The molecule has 2 atom stereocenters. The molecular weight excluding hydrogens is 488 g/mol. The van der Waals surface area contributed by atoms with Crippen molar-refractivity contribution in [3.8, 4) is 0 Å². The lowest BCUT2D eigenvalue weighted by Gasteiger charge is -2.41. The third-order valence-corrected chi connectivity index (χ3v) is 7.56. The molecule has 0 spiro atoms. The fourth-order valence-electron chi connectivity index (χ4n) is 5.13. The van der Waals surface area contributed by atoms with Gasteiger partial charge in [0.1, 0.15) is 0 Å². The van der Waals surface area contributed by atoms with E-state index in [0.29, 0.717) is 12.3 Å². The van der Waals surface area contributed by atoms with Crippen LogP contribution < -0.4 is 0 Å². The number of hydrogen-bond acceptors (Lipinski definition) is 4. The molecule has 32 heavy (non-hydrogen) atoms. The average Bonchev–Trinajstić information content (AvgIpc) is 2.96. The number of carbonyl (C=O) groups is 1. The minimum Gasteiger partial charge on any atom is -0.340 e. The first-order chi connectivity index (χ1) is 15.6. The van der Waals surface area contributed by atoms with Crippen molar-refractivity contribution >= 4 is 39.1 Å². The van der Waals surface area contributed by atoms with E-state index in [4.69, 9.17) is 16.6 Å². The molecule has 7 heteroatoms. The number of aliphatic imine (C=N–C) groups is 1. The highest BCUT2D eigenvalue weighted by molar-refractivity contribution is 9.11. The molecule has 5 rings (SSSR count). The summed E-state index contributed by atoms with van der Waals surface area (Å²) in [6.07, 6.45) is 8.97. The van der Waals surface area contributed by atoms with Crippen LogP contribution in [0.4, 0.5) is 0 Å². The SMILES string of the molecule is O=C(Cc1ccncc1)N1CCN(C2C3=NC=C(Br)CC3CCc3cc(Cl)ccc32)CC1. The lowest BCUT2D eigenvalue weighted by Crippen LogP contribution is -2.52. The average molecular weight is 514 g/mol. The zero-order valence-electron chi connectivity index (χ0n) is 17.9. The van der Waals surface area contributed by atoms with Gasteiger partial charge in [-0.1, -0.05) is 33.6 Å². The summed E-state index contributed by atoms with van der Waals surface area (Å²) in [5, 5.41) is 0.792. The Morgan fingerprint density at radius 3 is 2.69 bits per heavy atom. The van der Waals surface area contributed by atoms with E-state index in [-0.39, 0.29) is 11.9 Å². The lowest BCUT2D eigenvalue weighted by atomic mass is 9.88. The van der Waals surface area contributed by atoms with E-state index in [1.165, 1.54) is 21.3 Å². The van der Waals surface area contributed by atoms with Crippen molar-refractivity contribution in [1.82, 2.24) is 14.8 Å². The molecule has 2 aliphatic heterocycles. The van der Waals surface area contributed by atoms with Crippen molar-refractivity contribution in [2.45, 2.75) is 31.7 Å². The van der Waals surface area contributed by atoms with Crippen LogP contribution in [0.1, 0.15) is 35.6 Å². The maximum Gasteiger partial charge on any atom is 0.227 e. The molecule has 0 bridgehead atoms. The first-order valence-corrected chi connectivity index (χ1v) is 12.4. The second kappa shape index (κ2) is 9.46. The summed E-state index contributed by atoms with van der Waals surface area (Å²) in [5.41, 5.74) is 4.91. The molecule has 1 aromatic carbocycles. The van der Waals surface area contributed by atoms with Crippen LogP contribution in [0.25, 0.3) is 0 Å². The minimum atomic E-state index is 0.143. The molecule has 166 valence electrons. The number of aromatic nitrogens is 1. The lowest BCUT2D eigenvalue weighted by molar-refractivity contribution is -0.132. The fraction of sp³-hybridized carbons (Fsp3) is 0.400. The van der Waals surface area contributed by atoms with Crippen molar-refractivity contribution in [3.63, 3.8) is 0 Å². The van der Waals surface area contributed by atoms with Crippen molar-refractivity contribution in [2.24, 2.45) is 10.9 Å². The highest BCUT2D eigenvalue weighted by Crippen LogP contribution is 2.40. The Morgan fingerprint density at radius 1 is 1.12 bits per heavy atom. The normalized spacial score (nSPS) is 23.5. The second-order valence-corrected chi connectivity index (χ2v) is 10.2. The van der Waals surface area contributed by atoms with Crippen molar-refractivity contribution in [1.29, 1.82) is 0 Å². The number of nitrogens with zero attached hydrogens (tertiary/aromatic N) is 4. The van der Waals surface area contributed by atoms with Crippen LogP contribution in [0.2, 0.25) is 5.02 Å². The number of piperazine rings is 1. The van der Waals surface area contributed by atoms with Crippen molar-refractivity contribution < 1.29 is 4.79 Å². The first-order valence-electron chi connectivity index (χ1n) is 11.2. The molecule has 3 aliphatic rings. The molecule has 0 saturated carbocycles. The number of rotatable bonds is 3. The summed E-state index contributed by atoms with van der Waals surface area (Å²) >= 11 is 10.0. The number of aryl methyl sites for hydroxylation is 1. The summed E-state index contributed by atoms with van der Waals surface area (Å²) in [7, 11) is 0. The van der Waals surface area contributed by atoms with Gasteiger partial charge < -0.3 is 4.90 Å². The summed E-state index contributed by atoms with van der Waals surface area (Å²) in [5.74, 6) is 0.612. The third kappa shape index (κ3) is 4.54. The maximum atomic E-state index is 12.8. The van der Waals surface area contributed by atoms with Crippen LogP contribution in [0, 0.1) is 5.92 Å². The zero-order chi connectivity index (χ0) is 22.1. The second-order valence-electron chi connectivity index (χ2n) is 8.76. The number of halogens is 2. The van der Waals surface area contributed by atoms with Crippen molar-refractivity contribution in [2.75, 3.05) is 26.2 Å². The monoisotopic (exact) mass is 512 g/mol. The first kappa shape index (κ1) is 21.8. The molecule has 1 aromatic heterocycles. The van der Waals surface area contributed by atoms with E-state index in [2.05, 4.69) is 37.9 Å². The zero-order valence-corrected chi connectivity index (χ0v) is 20.2. The van der Waals surface area contributed by atoms with Crippen LogP contribution in [0.3, 0.4) is 0 Å². The van der Waals surface area contributed by atoms with Gasteiger partial charge in [-0.3, -0.25) is 19.7 Å². The number of allylic oxidation sites excluding steroid dienone is 1. The van der Waals surface area contributed by atoms with Gasteiger partial charge in [-0.2, -0.15) is 0 Å². The van der Waals surface area contributed by atoms with E-state index < -0.39 is 0 Å². The Morgan fingerprint density at radius 2 is 1.91 bits per heavy atom. The Hall–Kier alpha value is -2.02. The molecule has 0 radical (unpaired) electrons. The molecule has 1 saturated heterocycles. The van der Waals surface area contributed by atoms with Crippen molar-refractivity contribution in [3.05, 3.63) is 75.1 Å². The summed E-state index contributed by atoms with van der Waals surface area (Å²) in [6.45, 7) is 3.15. The molecule has 1 amide bonds. The summed E-state index contributed by atoms with van der Waals surface area (Å²) in [6, 6.07) is 10.3. The molecule has 5 nitrogen and oxygen atoms in total. The van der Waals surface area contributed by atoms with E-state index in [1.807, 2.05) is 29.3 Å². The number of carbonyl (C=O) groups excluding carboxylic acids is 1. The summed E-state index contributed by atoms with van der Waals surface area (Å²) < 4.78 is 1.17. The van der Waals surface area contributed by atoms with Gasteiger partial charge in [0.25, 0.3) is 0 Å². The predicted octanol–water partition coefficient (Wildman–Crippen LogP) is 4.81. The number of hydrogen-bond donors (Lipinski definition) is 0. The molecule has 0 N–H and O–H groups in total. The topological polar surface area (TPSA) is 48.8 Å². The smallest absolute Gasteiger partial charge is 0.227 e. The molecule has 2 aromatic rings. The van der Waals surface area contributed by atoms with Crippen LogP contribution in [0.5, 0.6) is 0 Å². The Kier molecular flexibility index (Phi) is 6.44. The fourth-order valence-corrected chi connectivity index (χ4v) is 5.82. The number of amides is 1. The molecule has 2 unspecified atom stereocenters. The Labute approximate surface area is 202 Å². The Balaban J connectivity index is 1.36. The molecule has 3 heterocycles. The number of pyridine rings is 1. The van der Waals surface area contributed by atoms with Crippen LogP contribution in [0.15, 0.2) is 58.4 Å². The van der Waals surface area contributed by atoms with Gasteiger partial charge in [0, 0.05) is 65.9 Å². The van der Waals surface area contributed by atoms with Gasteiger partial charge in [0.15, 0.2) is 0 Å². The third-order valence-electron chi connectivity index (χ3n) is 6.79. The van der Waals surface area contributed by atoms with Crippen LogP contribution in [-0.4, -0.2) is 52.6 Å². The number of fused-ring (bicyclic) bond motifs is 2. The maximum absolute atomic E-state index is 12.8. The predicted molar refractivity (Wildman–Crippen MR) is 131 cm³/mol. The van der Waals surface area contributed by atoms with Gasteiger partial charge in [-0.25, -0.2) is 0 Å². The quantitative estimate of drug-likeness (QED) is 0.592. The van der Waals surface area contributed by atoms with E-state index in [0.717, 1.165) is 56.0 Å². The van der Waals surface area contributed by atoms with Gasteiger partial charge in [0.2, 0.25) is 5.91 Å². The highest BCUT2D eigenvalue weighted by atomic mass is 79.9. The molecule has 1 fully saturated rings.